The molecule has 0 atom stereocenters. The maximum Gasteiger partial charge on any atom is 0.270 e. The van der Waals surface area contributed by atoms with Crippen LogP contribution in [0.25, 0.3) is 11.3 Å². The molecule has 0 unspecified atom stereocenters. The van der Waals surface area contributed by atoms with E-state index in [1.54, 1.807) is 42.7 Å². The Bertz CT molecular complexity index is 1210. The molecule has 1 aliphatic carbocycles. The van der Waals surface area contributed by atoms with Gasteiger partial charge in [0, 0.05) is 24.0 Å². The van der Waals surface area contributed by atoms with Gasteiger partial charge < -0.3 is 10.1 Å². The molecular formula is C22H23N5O4S. The van der Waals surface area contributed by atoms with E-state index >= 15 is 0 Å². The quantitative estimate of drug-likeness (QED) is 0.511. The van der Waals surface area contributed by atoms with E-state index in [-0.39, 0.29) is 23.4 Å². The fraction of sp³-hybridized carbons (Fsp3) is 0.273. The molecule has 1 saturated carbocycles. The number of rotatable bonds is 9. The van der Waals surface area contributed by atoms with E-state index in [1.807, 2.05) is 13.0 Å². The topological polar surface area (TPSA) is 123 Å². The van der Waals surface area contributed by atoms with Gasteiger partial charge in [0.25, 0.3) is 5.91 Å². The first kappa shape index (κ1) is 21.7. The van der Waals surface area contributed by atoms with Crippen LogP contribution in [0.2, 0.25) is 0 Å². The molecule has 1 aliphatic rings. The number of carbonyl (C=O) groups excluding carboxylic acids is 1. The van der Waals surface area contributed by atoms with E-state index in [9.17, 15) is 13.2 Å². The molecule has 32 heavy (non-hydrogen) atoms. The Labute approximate surface area is 186 Å². The van der Waals surface area contributed by atoms with Gasteiger partial charge in [0.1, 0.15) is 5.69 Å². The number of hydrogen-bond acceptors (Lipinski definition) is 7. The minimum absolute atomic E-state index is 0.239. The molecule has 10 heteroatoms. The van der Waals surface area contributed by atoms with Crippen LogP contribution in [0, 0.1) is 0 Å². The summed E-state index contributed by atoms with van der Waals surface area (Å²) in [7, 11) is -3.33. The van der Waals surface area contributed by atoms with E-state index in [0.29, 0.717) is 42.3 Å². The van der Waals surface area contributed by atoms with Crippen molar-refractivity contribution in [2.75, 3.05) is 11.3 Å². The van der Waals surface area contributed by atoms with Crippen LogP contribution in [0.15, 0.2) is 55.0 Å². The number of pyridine rings is 1. The second-order valence-corrected chi connectivity index (χ2v) is 9.30. The number of benzene rings is 1. The lowest BCUT2D eigenvalue weighted by atomic mass is 10.2. The number of aromatic nitrogens is 3. The van der Waals surface area contributed by atoms with Crippen molar-refractivity contribution in [3.05, 3.63) is 66.2 Å². The van der Waals surface area contributed by atoms with Crippen molar-refractivity contribution >= 4 is 21.6 Å². The van der Waals surface area contributed by atoms with Gasteiger partial charge >= 0.3 is 0 Å². The molecule has 166 valence electrons. The molecule has 2 aromatic heterocycles. The number of hydrogen-bond donors (Lipinski definition) is 2. The van der Waals surface area contributed by atoms with Crippen LogP contribution in [-0.4, -0.2) is 41.1 Å². The molecule has 2 heterocycles. The summed E-state index contributed by atoms with van der Waals surface area (Å²) in [6, 6.07) is 10.3. The predicted octanol–water partition coefficient (Wildman–Crippen LogP) is 2.77. The molecular weight excluding hydrogens is 430 g/mol. The average molecular weight is 454 g/mol. The highest BCUT2D eigenvalue weighted by atomic mass is 32.2. The van der Waals surface area contributed by atoms with Crippen LogP contribution < -0.4 is 14.8 Å². The summed E-state index contributed by atoms with van der Waals surface area (Å²) in [5.41, 5.74) is 2.83. The lowest BCUT2D eigenvalue weighted by Crippen LogP contribution is -2.24. The van der Waals surface area contributed by atoms with Gasteiger partial charge in [-0.1, -0.05) is 12.1 Å². The highest BCUT2D eigenvalue weighted by molar-refractivity contribution is 7.93. The van der Waals surface area contributed by atoms with Crippen LogP contribution in [0.1, 0.15) is 35.8 Å². The van der Waals surface area contributed by atoms with Gasteiger partial charge in [0.15, 0.2) is 0 Å². The minimum Gasteiger partial charge on any atom is -0.477 e. The number of anilines is 1. The lowest BCUT2D eigenvalue weighted by molar-refractivity contribution is 0.0946. The maximum absolute atomic E-state index is 12.5. The fourth-order valence-electron chi connectivity index (χ4n) is 3.03. The van der Waals surface area contributed by atoms with Gasteiger partial charge in [0.2, 0.25) is 15.9 Å². The Kier molecular flexibility index (Phi) is 6.31. The summed E-state index contributed by atoms with van der Waals surface area (Å²) in [4.78, 5) is 25.2. The molecule has 9 nitrogen and oxygen atoms in total. The van der Waals surface area contributed by atoms with Gasteiger partial charge in [-0.3, -0.25) is 19.5 Å². The Morgan fingerprint density at radius 3 is 2.72 bits per heavy atom. The van der Waals surface area contributed by atoms with Gasteiger partial charge in [0.05, 0.1) is 29.9 Å². The second kappa shape index (κ2) is 9.31. The van der Waals surface area contributed by atoms with E-state index in [1.165, 1.54) is 6.20 Å². The Balaban J connectivity index is 1.37. The predicted molar refractivity (Wildman–Crippen MR) is 120 cm³/mol. The van der Waals surface area contributed by atoms with Crippen molar-refractivity contribution < 1.29 is 17.9 Å². The third kappa shape index (κ3) is 5.38. The molecule has 3 aromatic rings. The molecule has 2 N–H and O–H groups in total. The first-order valence-electron chi connectivity index (χ1n) is 10.2. The highest BCUT2D eigenvalue weighted by Gasteiger charge is 2.35. The van der Waals surface area contributed by atoms with E-state index in [0.717, 1.165) is 5.56 Å². The van der Waals surface area contributed by atoms with Crippen molar-refractivity contribution in [1.29, 1.82) is 0 Å². The smallest absolute Gasteiger partial charge is 0.270 e. The Hall–Kier alpha value is -3.53. The van der Waals surface area contributed by atoms with Gasteiger partial charge in [-0.2, -0.15) is 0 Å². The number of nitrogens with zero attached hydrogens (tertiary/aromatic N) is 3. The van der Waals surface area contributed by atoms with Crippen LogP contribution in [0.4, 0.5) is 5.69 Å². The average Bonchev–Trinajstić information content (AvgIpc) is 3.64. The highest BCUT2D eigenvalue weighted by Crippen LogP contribution is 2.29. The van der Waals surface area contributed by atoms with Gasteiger partial charge in [-0.25, -0.2) is 13.4 Å². The fourth-order valence-corrected chi connectivity index (χ4v) is 4.41. The molecule has 1 amide bonds. The SMILES string of the molecule is CCOc1cncc(-c2ccc(C(=O)NCc3cccc(NS(=O)(=O)C4CC4)c3)nc2)n1. The van der Waals surface area contributed by atoms with Gasteiger partial charge in [-0.05, 0) is 49.6 Å². The van der Waals surface area contributed by atoms with Crippen molar-refractivity contribution in [3.8, 4) is 17.1 Å². The summed E-state index contributed by atoms with van der Waals surface area (Å²) >= 11 is 0. The maximum atomic E-state index is 12.5. The first-order chi connectivity index (χ1) is 15.4. The second-order valence-electron chi connectivity index (χ2n) is 7.34. The summed E-state index contributed by atoms with van der Waals surface area (Å²) in [6.45, 7) is 2.60. The van der Waals surface area contributed by atoms with Gasteiger partial charge in [-0.15, -0.1) is 0 Å². The largest absolute Gasteiger partial charge is 0.477 e. The third-order valence-electron chi connectivity index (χ3n) is 4.80. The number of amides is 1. The standard InChI is InChI=1S/C22H23N5O4S/c1-2-31-21-14-23-13-20(26-21)16-6-9-19(24-12-16)22(28)25-11-15-4-3-5-17(10-15)27-32(29,30)18-7-8-18/h3-6,9-10,12-14,18,27H,2,7-8,11H2,1H3,(H,25,28). The molecule has 0 saturated heterocycles. The van der Waals surface area contributed by atoms with Crippen molar-refractivity contribution in [2.24, 2.45) is 0 Å². The van der Waals surface area contributed by atoms with Crippen LogP contribution in [-0.2, 0) is 16.6 Å². The zero-order valence-electron chi connectivity index (χ0n) is 17.5. The zero-order valence-corrected chi connectivity index (χ0v) is 18.3. The molecule has 4 rings (SSSR count). The number of ether oxygens (including phenoxy) is 1. The molecule has 0 radical (unpaired) electrons. The Morgan fingerprint density at radius 2 is 2.00 bits per heavy atom. The molecule has 0 bridgehead atoms. The summed E-state index contributed by atoms with van der Waals surface area (Å²) in [6.07, 6.45) is 6.09. The minimum atomic E-state index is -3.33. The van der Waals surface area contributed by atoms with Crippen molar-refractivity contribution in [3.63, 3.8) is 0 Å². The van der Waals surface area contributed by atoms with E-state index in [4.69, 9.17) is 4.74 Å². The number of nitrogens with one attached hydrogen (secondary N) is 2. The molecule has 0 spiro atoms. The zero-order chi connectivity index (χ0) is 22.6. The van der Waals surface area contributed by atoms with Crippen LogP contribution in [0.5, 0.6) is 5.88 Å². The normalized spacial score (nSPS) is 13.4. The summed E-state index contributed by atoms with van der Waals surface area (Å²) < 4.78 is 32.2. The van der Waals surface area contributed by atoms with E-state index < -0.39 is 10.0 Å². The van der Waals surface area contributed by atoms with E-state index in [2.05, 4.69) is 25.0 Å². The third-order valence-corrected chi connectivity index (χ3v) is 6.67. The summed E-state index contributed by atoms with van der Waals surface area (Å²) in [5.74, 6) is 0.0862. The summed E-state index contributed by atoms with van der Waals surface area (Å²) in [5, 5.41) is 2.50. The monoisotopic (exact) mass is 453 g/mol. The number of sulfonamides is 1. The first-order valence-corrected chi connectivity index (χ1v) is 11.8. The molecule has 0 aliphatic heterocycles. The van der Waals surface area contributed by atoms with Crippen LogP contribution >= 0.6 is 0 Å². The lowest BCUT2D eigenvalue weighted by Gasteiger charge is -2.10. The van der Waals surface area contributed by atoms with Crippen molar-refractivity contribution in [1.82, 2.24) is 20.3 Å². The molecule has 1 fully saturated rings. The Morgan fingerprint density at radius 1 is 1.16 bits per heavy atom. The number of carbonyl (C=O) groups is 1. The van der Waals surface area contributed by atoms with Crippen LogP contribution in [0.3, 0.4) is 0 Å². The van der Waals surface area contributed by atoms with Crippen molar-refractivity contribution in [2.45, 2.75) is 31.6 Å². The molecule has 1 aromatic carbocycles.